The van der Waals surface area contributed by atoms with Crippen molar-refractivity contribution in [1.82, 2.24) is 31.9 Å². The molecular formula is C51H66N6O15S3. The molecule has 0 saturated heterocycles. The molecule has 75 heavy (non-hydrogen) atoms. The number of thioether (sulfide) groups is 3. The number of hydrogen-bond acceptors (Lipinski definition) is 18. The average Bonchev–Trinajstić information content (AvgIpc) is 3.43. The van der Waals surface area contributed by atoms with Crippen molar-refractivity contribution in [3.63, 3.8) is 0 Å². The molecule has 4 aromatic rings. The first-order valence-electron chi connectivity index (χ1n) is 23.1. The molecule has 0 heterocycles. The van der Waals surface area contributed by atoms with Gasteiger partial charge in [-0.3, -0.25) is 0 Å². The van der Waals surface area contributed by atoms with Gasteiger partial charge in [-0.2, -0.15) is 35.3 Å². The molecule has 0 aliphatic carbocycles. The summed E-state index contributed by atoms with van der Waals surface area (Å²) in [7, 11) is 12.5. The number of amides is 6. The summed E-state index contributed by atoms with van der Waals surface area (Å²) in [6.07, 6.45) is 0. The number of esters is 3. The largest absolute Gasteiger partial charge is 0.497 e. The summed E-state index contributed by atoms with van der Waals surface area (Å²) in [5, 5.41) is 16.3. The molecule has 3 atom stereocenters. The molecule has 0 fully saturated rings. The van der Waals surface area contributed by atoms with Crippen molar-refractivity contribution in [1.29, 1.82) is 0 Å². The lowest BCUT2D eigenvalue weighted by Gasteiger charge is -2.25. The third kappa shape index (κ3) is 19.0. The summed E-state index contributed by atoms with van der Waals surface area (Å²) in [5.41, 5.74) is 3.67. The van der Waals surface area contributed by atoms with E-state index in [-0.39, 0.29) is 70.8 Å². The number of ether oxygens (including phenoxy) is 9. The van der Waals surface area contributed by atoms with Crippen LogP contribution < -0.4 is 60.3 Å². The first-order valence-corrected chi connectivity index (χ1v) is 26.5. The number of nitrogens with one attached hydrogen (secondary N) is 6. The van der Waals surface area contributed by atoms with Crippen molar-refractivity contribution in [3.8, 4) is 34.5 Å². The molecule has 6 N–H and O–H groups in total. The van der Waals surface area contributed by atoms with Gasteiger partial charge in [0.15, 0.2) is 0 Å². The van der Waals surface area contributed by atoms with E-state index in [9.17, 15) is 28.8 Å². The lowest BCUT2D eigenvalue weighted by Crippen LogP contribution is -2.48. The second-order valence-corrected chi connectivity index (χ2v) is 18.9. The highest BCUT2D eigenvalue weighted by atomic mass is 32.2. The molecule has 408 valence electrons. The van der Waals surface area contributed by atoms with E-state index in [4.69, 9.17) is 42.6 Å². The fourth-order valence-corrected chi connectivity index (χ4v) is 10.2. The molecule has 4 aromatic carbocycles. The number of carbonyl (C=O) groups is 6. The molecule has 0 spiro atoms. The third-order valence-electron chi connectivity index (χ3n) is 11.0. The summed E-state index contributed by atoms with van der Waals surface area (Å²) in [6.45, 7) is -0.836. The van der Waals surface area contributed by atoms with Crippen LogP contribution in [0.1, 0.15) is 33.4 Å². The van der Waals surface area contributed by atoms with Gasteiger partial charge >= 0.3 is 36.0 Å². The van der Waals surface area contributed by atoms with Crippen LogP contribution in [0.4, 0.5) is 14.4 Å². The minimum Gasteiger partial charge on any atom is -0.497 e. The zero-order chi connectivity index (χ0) is 54.7. The Bertz CT molecular complexity index is 2200. The van der Waals surface area contributed by atoms with Gasteiger partial charge in [0.2, 0.25) is 0 Å². The number of carbonyl (C=O) groups excluding carboxylic acids is 6. The van der Waals surface area contributed by atoms with Crippen LogP contribution in [0.25, 0.3) is 0 Å². The Balaban J connectivity index is 1.59. The summed E-state index contributed by atoms with van der Waals surface area (Å²) >= 11 is 4.22. The van der Waals surface area contributed by atoms with E-state index in [0.29, 0.717) is 34.5 Å². The molecular weight excluding hydrogens is 1030 g/mol. The predicted molar refractivity (Wildman–Crippen MR) is 287 cm³/mol. The van der Waals surface area contributed by atoms with E-state index >= 15 is 0 Å². The fraction of sp³-hybridized carbons (Fsp3) is 0.412. The van der Waals surface area contributed by atoms with Crippen LogP contribution in [0.15, 0.2) is 72.8 Å². The Kier molecular flexibility index (Phi) is 26.1. The minimum absolute atomic E-state index is 0.122. The molecule has 0 aromatic heterocycles. The lowest BCUT2D eigenvalue weighted by molar-refractivity contribution is -0.143. The van der Waals surface area contributed by atoms with Crippen LogP contribution in [0.5, 0.6) is 34.5 Å². The number of hydrogen-bond donors (Lipinski definition) is 6. The van der Waals surface area contributed by atoms with E-state index < -0.39 is 54.1 Å². The third-order valence-corrected chi connectivity index (χ3v) is 14.4. The van der Waals surface area contributed by atoms with Crippen LogP contribution in [-0.2, 0) is 65.5 Å². The first kappa shape index (κ1) is 60.5. The van der Waals surface area contributed by atoms with Gasteiger partial charge in [0.05, 0.1) is 100 Å². The zero-order valence-corrected chi connectivity index (χ0v) is 45.8. The van der Waals surface area contributed by atoms with Gasteiger partial charge in [-0.15, -0.1) is 0 Å². The van der Waals surface area contributed by atoms with E-state index in [1.54, 1.807) is 21.3 Å². The van der Waals surface area contributed by atoms with Crippen LogP contribution in [0.3, 0.4) is 0 Å². The summed E-state index contributed by atoms with van der Waals surface area (Å²) in [6, 6.07) is 17.0. The van der Waals surface area contributed by atoms with E-state index in [1.807, 2.05) is 72.8 Å². The molecule has 24 heteroatoms. The maximum Gasteiger partial charge on any atom is 0.329 e. The zero-order valence-electron chi connectivity index (χ0n) is 43.4. The Morgan fingerprint density at radius 2 is 0.613 bits per heavy atom. The van der Waals surface area contributed by atoms with Crippen LogP contribution in [0.2, 0.25) is 0 Å². The van der Waals surface area contributed by atoms with Crippen molar-refractivity contribution in [2.75, 3.05) is 81.2 Å². The lowest BCUT2D eigenvalue weighted by atomic mass is 9.99. The highest BCUT2D eigenvalue weighted by Gasteiger charge is 2.30. The van der Waals surface area contributed by atoms with Gasteiger partial charge in [0.25, 0.3) is 0 Å². The van der Waals surface area contributed by atoms with E-state index in [1.165, 1.54) is 77.9 Å². The second kappa shape index (κ2) is 32.3. The first-order chi connectivity index (χ1) is 36.2. The Morgan fingerprint density at radius 1 is 0.373 bits per heavy atom. The molecule has 0 bridgehead atoms. The van der Waals surface area contributed by atoms with Crippen LogP contribution >= 0.6 is 35.3 Å². The Morgan fingerprint density at radius 3 is 0.813 bits per heavy atom. The summed E-state index contributed by atoms with van der Waals surface area (Å²) in [4.78, 5) is 79.5. The molecule has 6 amide bonds. The van der Waals surface area contributed by atoms with E-state index in [0.717, 1.165) is 16.7 Å². The molecule has 21 nitrogen and oxygen atoms in total. The second-order valence-electron chi connectivity index (χ2n) is 15.8. The average molecular weight is 1100 g/mol. The molecule has 0 saturated carbocycles. The highest BCUT2D eigenvalue weighted by molar-refractivity contribution is 7.99. The molecule has 4 rings (SSSR count). The fourth-order valence-electron chi connectivity index (χ4n) is 7.19. The summed E-state index contributed by atoms with van der Waals surface area (Å²) < 4.78 is 48.5. The van der Waals surface area contributed by atoms with Gasteiger partial charge < -0.3 is 74.5 Å². The van der Waals surface area contributed by atoms with Gasteiger partial charge in [-0.1, -0.05) is 36.4 Å². The topological polar surface area (TPSA) is 258 Å². The monoisotopic (exact) mass is 1100 g/mol. The van der Waals surface area contributed by atoms with Crippen LogP contribution in [0, 0.1) is 0 Å². The quantitative estimate of drug-likeness (QED) is 0.0276. The number of urea groups is 3. The SMILES string of the molecule is COC(=O)[C@H](CSCc1ccc(OC)cc1)NC(=O)NCc1c(OC)c(CNC(=O)N[C@@H](CSCc2ccc(OC)cc2)C(=O)OC)c(OC)c(CNC(=O)N[C@@H](CSCc2ccc(OC)cc2)C(=O)OC)c1OC. The maximum atomic E-state index is 13.6. The predicted octanol–water partition coefficient (Wildman–Crippen LogP) is 5.56. The standard InChI is InChI=1S/C51H66N6O15S3/c1-64-34-16-10-31(11-17-34)25-73-28-40(46(58)70-7)55-49(61)52-22-37-43(67-4)38(23-53-50(62)56-41(47(59)71-8)29-74-26-32-12-18-35(65-2)19-13-32)45(69-6)39(44(37)68-5)24-54-51(63)57-42(48(60)72-9)30-75-27-33-14-20-36(66-3)21-15-33/h10-21,40-42H,22-30H2,1-9H3,(H2,52,55,61)(H2,53,56,62)(H2,54,57,63)/t40-,41-,42-/m0/s1. The number of methoxy groups -OCH3 is 9. The van der Waals surface area contributed by atoms with Crippen molar-refractivity contribution in [2.45, 2.75) is 55.0 Å². The Labute approximate surface area is 449 Å². The van der Waals surface area contributed by atoms with Crippen molar-refractivity contribution in [3.05, 3.63) is 106 Å². The normalized spacial score (nSPS) is 11.8. The van der Waals surface area contributed by atoms with Gasteiger partial charge in [0, 0.05) is 34.5 Å². The number of rotatable bonds is 30. The highest BCUT2D eigenvalue weighted by Crippen LogP contribution is 2.44. The number of benzene rings is 4. The van der Waals surface area contributed by atoms with E-state index in [2.05, 4.69) is 31.9 Å². The molecule has 0 radical (unpaired) electrons. The van der Waals surface area contributed by atoms with Gasteiger partial charge in [-0.05, 0) is 53.1 Å². The van der Waals surface area contributed by atoms with Crippen molar-refractivity contribution in [2.24, 2.45) is 0 Å². The molecule has 0 unspecified atom stereocenters. The maximum absolute atomic E-state index is 13.6. The molecule has 0 aliphatic rings. The van der Waals surface area contributed by atoms with Gasteiger partial charge in [0.1, 0.15) is 52.6 Å². The van der Waals surface area contributed by atoms with Crippen molar-refractivity contribution < 1.29 is 71.4 Å². The minimum atomic E-state index is -1.04. The summed E-state index contributed by atoms with van der Waals surface area (Å²) in [5.74, 6) is 2.60. The van der Waals surface area contributed by atoms with Crippen molar-refractivity contribution >= 4 is 71.3 Å². The molecule has 0 aliphatic heterocycles. The van der Waals surface area contributed by atoms with Gasteiger partial charge in [-0.25, -0.2) is 28.8 Å². The van der Waals surface area contributed by atoms with Crippen LogP contribution in [-0.4, -0.2) is 135 Å². The Hall–Kier alpha value is -7.05. The smallest absolute Gasteiger partial charge is 0.329 e.